The highest BCUT2D eigenvalue weighted by molar-refractivity contribution is 5.92. The fourth-order valence-corrected chi connectivity index (χ4v) is 2.02. The van der Waals surface area contributed by atoms with Gasteiger partial charge < -0.3 is 10.2 Å². The summed E-state index contributed by atoms with van der Waals surface area (Å²) >= 11 is 0. The molecular weight excluding hydrogens is 290 g/mol. The Hall–Kier alpha value is -2.50. The van der Waals surface area contributed by atoms with E-state index in [-0.39, 0.29) is 5.91 Å². The van der Waals surface area contributed by atoms with E-state index in [4.69, 9.17) is 0 Å². The highest BCUT2D eigenvalue weighted by atomic mass is 16.2. The zero-order valence-corrected chi connectivity index (χ0v) is 13.9. The maximum atomic E-state index is 12.3. The van der Waals surface area contributed by atoms with Crippen LogP contribution in [-0.2, 0) is 6.42 Å². The molecule has 1 N–H and O–H groups in total. The number of nitrogens with one attached hydrogen (secondary N) is 1. The van der Waals surface area contributed by atoms with Gasteiger partial charge in [-0.3, -0.25) is 9.78 Å². The number of amides is 1. The average molecular weight is 313 g/mol. The van der Waals surface area contributed by atoms with Gasteiger partial charge in [-0.2, -0.15) is 0 Å². The minimum Gasteiger partial charge on any atom is -0.366 e. The topological polar surface area (TPSA) is 71.0 Å². The molecule has 0 aromatic carbocycles. The van der Waals surface area contributed by atoms with Crippen LogP contribution in [0.5, 0.6) is 0 Å². The number of carbonyl (C=O) groups is 1. The molecule has 2 aromatic rings. The number of anilines is 1. The van der Waals surface area contributed by atoms with E-state index in [0.29, 0.717) is 24.1 Å². The highest BCUT2D eigenvalue weighted by Gasteiger charge is 2.14. The van der Waals surface area contributed by atoms with Gasteiger partial charge in [0.25, 0.3) is 5.91 Å². The van der Waals surface area contributed by atoms with Crippen LogP contribution in [0.15, 0.2) is 36.7 Å². The van der Waals surface area contributed by atoms with Gasteiger partial charge >= 0.3 is 0 Å². The molecular formula is C17H23N5O. The molecule has 23 heavy (non-hydrogen) atoms. The zero-order chi connectivity index (χ0) is 16.7. The van der Waals surface area contributed by atoms with Crippen LogP contribution in [-0.4, -0.2) is 45.6 Å². The number of nitrogens with zero attached hydrogens (tertiary/aromatic N) is 4. The molecule has 0 aliphatic heterocycles. The van der Waals surface area contributed by atoms with E-state index < -0.39 is 0 Å². The lowest BCUT2D eigenvalue weighted by atomic mass is 10.2. The van der Waals surface area contributed by atoms with Gasteiger partial charge in [-0.15, -0.1) is 10.2 Å². The molecule has 0 saturated carbocycles. The predicted octanol–water partition coefficient (Wildman–Crippen LogP) is 2.40. The molecule has 2 aromatic heterocycles. The Morgan fingerprint density at radius 3 is 2.57 bits per heavy atom. The van der Waals surface area contributed by atoms with Crippen LogP contribution in [0.3, 0.4) is 0 Å². The molecule has 0 spiro atoms. The molecule has 0 bridgehead atoms. The van der Waals surface area contributed by atoms with Crippen molar-refractivity contribution in [3.8, 4) is 0 Å². The second kappa shape index (κ2) is 8.22. The Morgan fingerprint density at radius 2 is 1.96 bits per heavy atom. The number of hydrogen-bond acceptors (Lipinski definition) is 5. The molecule has 0 aliphatic carbocycles. The first kappa shape index (κ1) is 16.9. The van der Waals surface area contributed by atoms with Gasteiger partial charge in [0.05, 0.1) is 0 Å². The summed E-state index contributed by atoms with van der Waals surface area (Å²) in [5.74, 6) is 0.567. The van der Waals surface area contributed by atoms with Crippen molar-refractivity contribution < 1.29 is 4.79 Å². The largest absolute Gasteiger partial charge is 0.366 e. The average Bonchev–Trinajstić information content (AvgIpc) is 2.60. The van der Waals surface area contributed by atoms with E-state index in [1.54, 1.807) is 36.5 Å². The molecule has 122 valence electrons. The van der Waals surface area contributed by atoms with Crippen molar-refractivity contribution in [1.82, 2.24) is 20.1 Å². The van der Waals surface area contributed by atoms with Gasteiger partial charge in [-0.25, -0.2) is 0 Å². The smallest absolute Gasteiger partial charge is 0.274 e. The summed E-state index contributed by atoms with van der Waals surface area (Å²) in [6.07, 6.45) is 5.29. The summed E-state index contributed by atoms with van der Waals surface area (Å²) in [5.41, 5.74) is 1.51. The third kappa shape index (κ3) is 5.02. The normalized spacial score (nSPS) is 11.8. The van der Waals surface area contributed by atoms with Crippen molar-refractivity contribution in [3.63, 3.8) is 0 Å². The number of pyridine rings is 1. The van der Waals surface area contributed by atoms with Gasteiger partial charge in [0.1, 0.15) is 5.82 Å². The Bertz CT molecular complexity index is 615. The van der Waals surface area contributed by atoms with Gasteiger partial charge in [0.2, 0.25) is 0 Å². The Morgan fingerprint density at radius 1 is 1.22 bits per heavy atom. The second-order valence-corrected chi connectivity index (χ2v) is 5.59. The summed E-state index contributed by atoms with van der Waals surface area (Å²) in [5, 5.41) is 11.3. The van der Waals surface area contributed by atoms with Crippen LogP contribution in [0.2, 0.25) is 0 Å². The van der Waals surface area contributed by atoms with Crippen LogP contribution >= 0.6 is 0 Å². The molecule has 2 heterocycles. The van der Waals surface area contributed by atoms with E-state index in [1.807, 2.05) is 12.1 Å². The molecule has 0 fully saturated rings. The standard InChI is InChI=1S/C17H23N5O/c1-4-13(2)19-16-6-5-15(20-21-16)17(23)22(3)12-9-14-7-10-18-11-8-14/h5-8,10-11,13H,4,9,12H2,1-3H3,(H,19,21). The number of rotatable bonds is 7. The van der Waals surface area contributed by atoms with Crippen molar-refractivity contribution in [1.29, 1.82) is 0 Å². The summed E-state index contributed by atoms with van der Waals surface area (Å²) in [4.78, 5) is 18.0. The number of carbonyl (C=O) groups excluding carboxylic acids is 1. The van der Waals surface area contributed by atoms with E-state index >= 15 is 0 Å². The van der Waals surface area contributed by atoms with Gasteiger partial charge in [-0.1, -0.05) is 6.92 Å². The first-order valence-electron chi connectivity index (χ1n) is 7.84. The first-order valence-corrected chi connectivity index (χ1v) is 7.84. The van der Waals surface area contributed by atoms with Crippen LogP contribution in [0.4, 0.5) is 5.82 Å². The highest BCUT2D eigenvalue weighted by Crippen LogP contribution is 2.08. The van der Waals surface area contributed by atoms with Crippen molar-refractivity contribution in [2.75, 3.05) is 18.9 Å². The van der Waals surface area contributed by atoms with Crippen LogP contribution in [0, 0.1) is 0 Å². The molecule has 0 radical (unpaired) electrons. The van der Waals surface area contributed by atoms with E-state index in [1.165, 1.54) is 0 Å². The molecule has 6 nitrogen and oxygen atoms in total. The third-order valence-electron chi connectivity index (χ3n) is 3.72. The van der Waals surface area contributed by atoms with Crippen molar-refractivity contribution in [2.24, 2.45) is 0 Å². The maximum Gasteiger partial charge on any atom is 0.274 e. The minimum atomic E-state index is -0.123. The molecule has 2 rings (SSSR count). The Balaban J connectivity index is 1.91. The zero-order valence-electron chi connectivity index (χ0n) is 13.9. The number of likely N-dealkylation sites (N-methyl/N-ethyl adjacent to an activating group) is 1. The minimum absolute atomic E-state index is 0.123. The summed E-state index contributed by atoms with van der Waals surface area (Å²) in [6.45, 7) is 4.80. The van der Waals surface area contributed by atoms with E-state index in [0.717, 1.165) is 18.4 Å². The number of aromatic nitrogens is 3. The van der Waals surface area contributed by atoms with Crippen LogP contribution in [0.1, 0.15) is 36.3 Å². The molecule has 0 aliphatic rings. The lowest BCUT2D eigenvalue weighted by Crippen LogP contribution is -2.29. The Kier molecular flexibility index (Phi) is 6.02. The van der Waals surface area contributed by atoms with Gasteiger partial charge in [-0.05, 0) is 49.6 Å². The molecule has 1 atom stereocenters. The monoisotopic (exact) mass is 313 g/mol. The fourth-order valence-electron chi connectivity index (χ4n) is 2.02. The molecule has 0 saturated heterocycles. The SMILES string of the molecule is CCC(C)Nc1ccc(C(=O)N(C)CCc2ccncc2)nn1. The molecule has 1 unspecified atom stereocenters. The summed E-state index contributed by atoms with van der Waals surface area (Å²) in [7, 11) is 1.77. The Labute approximate surface area is 137 Å². The lowest BCUT2D eigenvalue weighted by Gasteiger charge is -2.17. The predicted molar refractivity (Wildman–Crippen MR) is 90.3 cm³/mol. The quantitative estimate of drug-likeness (QED) is 0.850. The third-order valence-corrected chi connectivity index (χ3v) is 3.72. The van der Waals surface area contributed by atoms with Crippen molar-refractivity contribution >= 4 is 11.7 Å². The number of hydrogen-bond donors (Lipinski definition) is 1. The van der Waals surface area contributed by atoms with Crippen molar-refractivity contribution in [3.05, 3.63) is 47.9 Å². The maximum absolute atomic E-state index is 12.3. The van der Waals surface area contributed by atoms with E-state index in [9.17, 15) is 4.79 Å². The fraction of sp³-hybridized carbons (Fsp3) is 0.412. The van der Waals surface area contributed by atoms with Crippen LogP contribution in [0.25, 0.3) is 0 Å². The second-order valence-electron chi connectivity index (χ2n) is 5.59. The molecule has 1 amide bonds. The lowest BCUT2D eigenvalue weighted by molar-refractivity contribution is 0.0789. The molecule has 6 heteroatoms. The van der Waals surface area contributed by atoms with Crippen LogP contribution < -0.4 is 5.32 Å². The summed E-state index contributed by atoms with van der Waals surface area (Å²) in [6, 6.07) is 7.74. The van der Waals surface area contributed by atoms with Gasteiger partial charge in [0, 0.05) is 32.0 Å². The van der Waals surface area contributed by atoms with Gasteiger partial charge in [0.15, 0.2) is 5.69 Å². The summed E-state index contributed by atoms with van der Waals surface area (Å²) < 4.78 is 0. The van der Waals surface area contributed by atoms with E-state index in [2.05, 4.69) is 34.3 Å². The van der Waals surface area contributed by atoms with Crippen molar-refractivity contribution in [2.45, 2.75) is 32.7 Å². The first-order chi connectivity index (χ1) is 11.1.